The maximum absolute atomic E-state index is 5.60. The number of rotatable bonds is 6. The molecule has 0 aliphatic heterocycles. The van der Waals surface area contributed by atoms with E-state index in [2.05, 4.69) is 47.8 Å². The second kappa shape index (κ2) is 6.03. The molecule has 2 aromatic rings. The molecule has 0 saturated carbocycles. The summed E-state index contributed by atoms with van der Waals surface area (Å²) in [6, 6.07) is 0.446. The van der Waals surface area contributed by atoms with E-state index in [0.29, 0.717) is 18.5 Å². The average Bonchev–Trinajstić information content (AvgIpc) is 2.85. The Kier molecular flexibility index (Phi) is 4.60. The molecule has 2 heterocycles. The van der Waals surface area contributed by atoms with Crippen molar-refractivity contribution >= 4 is 16.3 Å². The van der Waals surface area contributed by atoms with Crippen LogP contribution in [0.15, 0.2) is 5.38 Å². The smallest absolute Gasteiger partial charge is 0.194 e. The summed E-state index contributed by atoms with van der Waals surface area (Å²) in [4.78, 5) is 5.76. The summed E-state index contributed by atoms with van der Waals surface area (Å²) >= 11 is 1.71. The Morgan fingerprint density at radius 1 is 1.42 bits per heavy atom. The molecule has 0 aliphatic carbocycles. The third-order valence-corrected chi connectivity index (χ3v) is 4.54. The number of hydrogen-bond acceptors (Lipinski definition) is 4. The lowest BCUT2D eigenvalue weighted by Crippen LogP contribution is -2.39. The van der Waals surface area contributed by atoms with Gasteiger partial charge in [-0.3, -0.25) is 4.40 Å². The molecule has 4 nitrogen and oxygen atoms in total. The Morgan fingerprint density at radius 2 is 2.16 bits per heavy atom. The Balaban J connectivity index is 2.27. The fraction of sp³-hybridized carbons (Fsp3) is 0.643. The number of aromatic nitrogens is 2. The fourth-order valence-electron chi connectivity index (χ4n) is 2.43. The SMILES string of the molecule is Cc1nc2scc(C)n2c1CC(NCCN)C(C)C. The zero-order valence-corrected chi connectivity index (χ0v) is 13.0. The molecule has 0 aliphatic rings. The van der Waals surface area contributed by atoms with Crippen LogP contribution in [0.1, 0.15) is 30.9 Å². The van der Waals surface area contributed by atoms with Gasteiger partial charge in [0.15, 0.2) is 4.96 Å². The van der Waals surface area contributed by atoms with Gasteiger partial charge >= 0.3 is 0 Å². The van der Waals surface area contributed by atoms with E-state index in [1.165, 1.54) is 11.4 Å². The monoisotopic (exact) mass is 280 g/mol. The van der Waals surface area contributed by atoms with Crippen molar-refractivity contribution in [2.45, 2.75) is 40.2 Å². The van der Waals surface area contributed by atoms with Crippen LogP contribution in [0.4, 0.5) is 0 Å². The van der Waals surface area contributed by atoms with Gasteiger partial charge in [-0.15, -0.1) is 11.3 Å². The summed E-state index contributed by atoms with van der Waals surface area (Å²) in [5.74, 6) is 0.579. The van der Waals surface area contributed by atoms with Crippen LogP contribution in [0.2, 0.25) is 0 Å². The van der Waals surface area contributed by atoms with Crippen molar-refractivity contribution < 1.29 is 0 Å². The molecule has 5 heteroatoms. The molecule has 0 saturated heterocycles. The van der Waals surface area contributed by atoms with E-state index < -0.39 is 0 Å². The molecule has 0 amide bonds. The molecule has 106 valence electrons. The highest BCUT2D eigenvalue weighted by molar-refractivity contribution is 7.15. The van der Waals surface area contributed by atoms with Gasteiger partial charge in [0.2, 0.25) is 0 Å². The summed E-state index contributed by atoms with van der Waals surface area (Å²) in [6.07, 6.45) is 1.00. The highest BCUT2D eigenvalue weighted by Crippen LogP contribution is 2.22. The van der Waals surface area contributed by atoms with Crippen LogP contribution in [0, 0.1) is 19.8 Å². The quantitative estimate of drug-likeness (QED) is 0.852. The van der Waals surface area contributed by atoms with Crippen LogP contribution in [-0.4, -0.2) is 28.5 Å². The van der Waals surface area contributed by atoms with Crippen LogP contribution in [0.5, 0.6) is 0 Å². The van der Waals surface area contributed by atoms with Gasteiger partial charge in [0.1, 0.15) is 0 Å². The Morgan fingerprint density at radius 3 is 2.79 bits per heavy atom. The second-order valence-corrected chi connectivity index (χ2v) is 6.27. The van der Waals surface area contributed by atoms with E-state index in [9.17, 15) is 0 Å². The number of hydrogen-bond donors (Lipinski definition) is 2. The molecular weight excluding hydrogens is 256 g/mol. The molecule has 0 bridgehead atoms. The summed E-state index contributed by atoms with van der Waals surface area (Å²) in [6.45, 7) is 10.3. The van der Waals surface area contributed by atoms with Crippen molar-refractivity contribution in [3.8, 4) is 0 Å². The van der Waals surface area contributed by atoms with Crippen molar-refractivity contribution in [2.24, 2.45) is 11.7 Å². The number of nitrogens with one attached hydrogen (secondary N) is 1. The van der Waals surface area contributed by atoms with Gasteiger partial charge in [-0.1, -0.05) is 13.8 Å². The number of fused-ring (bicyclic) bond motifs is 1. The molecule has 2 aromatic heterocycles. The molecule has 0 fully saturated rings. The van der Waals surface area contributed by atoms with Crippen LogP contribution >= 0.6 is 11.3 Å². The standard InChI is InChI=1S/C14H24N4S/c1-9(2)12(16-6-5-15)7-13-11(4)17-14-18(13)10(3)8-19-14/h8-9,12,16H,5-7,15H2,1-4H3. The number of nitrogens with zero attached hydrogens (tertiary/aromatic N) is 2. The minimum absolute atomic E-state index is 0.446. The van der Waals surface area contributed by atoms with E-state index in [-0.39, 0.29) is 0 Å². The van der Waals surface area contributed by atoms with Crippen molar-refractivity contribution in [3.05, 3.63) is 22.5 Å². The maximum atomic E-state index is 5.60. The molecule has 3 N–H and O–H groups in total. The average molecular weight is 280 g/mol. The fourth-order valence-corrected chi connectivity index (χ4v) is 3.36. The lowest BCUT2D eigenvalue weighted by molar-refractivity contribution is 0.397. The summed E-state index contributed by atoms with van der Waals surface area (Å²) in [5.41, 5.74) is 9.35. The lowest BCUT2D eigenvalue weighted by Gasteiger charge is -2.22. The molecule has 19 heavy (non-hydrogen) atoms. The predicted octanol–water partition coefficient (Wildman–Crippen LogP) is 2.13. The molecule has 0 radical (unpaired) electrons. The topological polar surface area (TPSA) is 55.3 Å². The molecule has 1 unspecified atom stereocenters. The third-order valence-electron chi connectivity index (χ3n) is 3.60. The van der Waals surface area contributed by atoms with Crippen LogP contribution in [0.25, 0.3) is 4.96 Å². The Bertz CT molecular complexity index is 541. The van der Waals surface area contributed by atoms with E-state index in [4.69, 9.17) is 5.73 Å². The van der Waals surface area contributed by atoms with Crippen molar-refractivity contribution in [1.29, 1.82) is 0 Å². The van der Waals surface area contributed by atoms with Gasteiger partial charge in [0.05, 0.1) is 5.69 Å². The van der Waals surface area contributed by atoms with Gasteiger partial charge < -0.3 is 11.1 Å². The first-order valence-electron chi connectivity index (χ1n) is 6.90. The van der Waals surface area contributed by atoms with E-state index in [1.807, 2.05) is 0 Å². The third kappa shape index (κ3) is 2.99. The number of nitrogens with two attached hydrogens (primary N) is 1. The van der Waals surface area contributed by atoms with Gasteiger partial charge in [-0.05, 0) is 19.8 Å². The largest absolute Gasteiger partial charge is 0.329 e. The minimum atomic E-state index is 0.446. The van der Waals surface area contributed by atoms with Gasteiger partial charge in [0.25, 0.3) is 0 Å². The Labute approximate surface area is 119 Å². The van der Waals surface area contributed by atoms with E-state index in [0.717, 1.165) is 23.6 Å². The Hall–Kier alpha value is -0.910. The number of imidazole rings is 1. The molecule has 1 atom stereocenters. The summed E-state index contributed by atoms with van der Waals surface area (Å²) < 4.78 is 2.29. The molecule has 0 spiro atoms. The lowest BCUT2D eigenvalue weighted by atomic mass is 9.98. The van der Waals surface area contributed by atoms with E-state index in [1.54, 1.807) is 11.3 Å². The zero-order chi connectivity index (χ0) is 14.0. The van der Waals surface area contributed by atoms with Crippen molar-refractivity contribution in [2.75, 3.05) is 13.1 Å². The van der Waals surface area contributed by atoms with Gasteiger partial charge in [-0.2, -0.15) is 0 Å². The van der Waals surface area contributed by atoms with Crippen molar-refractivity contribution in [3.63, 3.8) is 0 Å². The normalized spacial score (nSPS) is 13.6. The zero-order valence-electron chi connectivity index (χ0n) is 12.2. The first-order chi connectivity index (χ1) is 9.04. The van der Waals surface area contributed by atoms with Gasteiger partial charge in [0, 0.05) is 42.3 Å². The number of thiazole rings is 1. The van der Waals surface area contributed by atoms with E-state index >= 15 is 0 Å². The highest BCUT2D eigenvalue weighted by Gasteiger charge is 2.19. The summed E-state index contributed by atoms with van der Waals surface area (Å²) in [7, 11) is 0. The predicted molar refractivity (Wildman–Crippen MR) is 81.9 cm³/mol. The van der Waals surface area contributed by atoms with Crippen LogP contribution in [-0.2, 0) is 6.42 Å². The minimum Gasteiger partial charge on any atom is -0.329 e. The second-order valence-electron chi connectivity index (χ2n) is 5.44. The molecule has 0 aromatic carbocycles. The first kappa shape index (κ1) is 14.5. The number of aryl methyl sites for hydroxylation is 2. The molecule has 2 rings (SSSR count). The first-order valence-corrected chi connectivity index (χ1v) is 7.78. The maximum Gasteiger partial charge on any atom is 0.194 e. The van der Waals surface area contributed by atoms with Crippen molar-refractivity contribution in [1.82, 2.24) is 14.7 Å². The van der Waals surface area contributed by atoms with Gasteiger partial charge in [-0.25, -0.2) is 4.98 Å². The van der Waals surface area contributed by atoms with Crippen LogP contribution in [0.3, 0.4) is 0 Å². The highest BCUT2D eigenvalue weighted by atomic mass is 32.1. The summed E-state index contributed by atoms with van der Waals surface area (Å²) in [5, 5.41) is 5.72. The molecular formula is C14H24N4S. The van der Waals surface area contributed by atoms with Crippen LogP contribution < -0.4 is 11.1 Å².